The summed E-state index contributed by atoms with van der Waals surface area (Å²) in [6, 6.07) is 16.6. The van der Waals surface area contributed by atoms with Crippen molar-refractivity contribution < 1.29 is 5.11 Å². The molecule has 0 radical (unpaired) electrons. The lowest BCUT2D eigenvalue weighted by Gasteiger charge is -2.11. The number of phenols is 1. The van der Waals surface area contributed by atoms with Gasteiger partial charge in [-0.2, -0.15) is 5.10 Å². The Kier molecular flexibility index (Phi) is 5.39. The zero-order valence-corrected chi connectivity index (χ0v) is 14.6. The van der Waals surface area contributed by atoms with Crippen LogP contribution in [-0.2, 0) is 6.42 Å². The molecule has 3 aromatic rings. The molecule has 0 spiro atoms. The quantitative estimate of drug-likeness (QED) is 0.397. The molecule has 0 amide bonds. The lowest BCUT2D eigenvalue weighted by atomic mass is 10.1. The number of allylic oxidation sites excluding steroid dienone is 1. The highest BCUT2D eigenvalue weighted by atomic mass is 16.3. The van der Waals surface area contributed by atoms with Gasteiger partial charge in [0.1, 0.15) is 5.75 Å². The summed E-state index contributed by atoms with van der Waals surface area (Å²) in [6.45, 7) is 5.77. The molecule has 1 heterocycles. The standard InChI is InChI=1S/C21H20N4O/c1-3-7-19-15(2)23-20(17-8-5-4-6-9-17)24-21(19)25-22-14-16-10-12-18(26)13-11-16/h3-6,8-14,26H,1,7H2,2H3,(H,23,24,25). The van der Waals surface area contributed by atoms with Crippen molar-refractivity contribution in [2.75, 3.05) is 5.43 Å². The summed E-state index contributed by atoms with van der Waals surface area (Å²) in [6.07, 6.45) is 4.15. The smallest absolute Gasteiger partial charge is 0.161 e. The van der Waals surface area contributed by atoms with E-state index in [1.165, 1.54) is 0 Å². The van der Waals surface area contributed by atoms with Crippen molar-refractivity contribution in [3.8, 4) is 17.1 Å². The average Bonchev–Trinajstić information content (AvgIpc) is 2.66. The van der Waals surface area contributed by atoms with Gasteiger partial charge < -0.3 is 5.11 Å². The minimum Gasteiger partial charge on any atom is -0.508 e. The van der Waals surface area contributed by atoms with E-state index in [4.69, 9.17) is 0 Å². The molecule has 0 saturated carbocycles. The molecule has 0 unspecified atom stereocenters. The fourth-order valence-corrected chi connectivity index (χ4v) is 2.52. The van der Waals surface area contributed by atoms with Gasteiger partial charge in [-0.15, -0.1) is 6.58 Å². The minimum absolute atomic E-state index is 0.224. The van der Waals surface area contributed by atoms with Crippen molar-refractivity contribution >= 4 is 12.0 Å². The summed E-state index contributed by atoms with van der Waals surface area (Å²) in [4.78, 5) is 9.26. The Hall–Kier alpha value is -3.47. The zero-order chi connectivity index (χ0) is 18.4. The SMILES string of the molecule is C=CCc1c(C)nc(-c2ccccc2)nc1NN=Cc1ccc(O)cc1. The normalized spacial score (nSPS) is 10.8. The zero-order valence-electron chi connectivity index (χ0n) is 14.6. The second-order valence-corrected chi connectivity index (χ2v) is 5.78. The first-order valence-corrected chi connectivity index (χ1v) is 8.29. The van der Waals surface area contributed by atoms with E-state index in [-0.39, 0.29) is 5.75 Å². The minimum atomic E-state index is 0.224. The lowest BCUT2D eigenvalue weighted by molar-refractivity contribution is 0.475. The topological polar surface area (TPSA) is 70.4 Å². The number of phenolic OH excluding ortho intramolecular Hbond substituents is 1. The second kappa shape index (κ2) is 8.07. The van der Waals surface area contributed by atoms with Crippen LogP contribution in [0.25, 0.3) is 11.4 Å². The largest absolute Gasteiger partial charge is 0.508 e. The van der Waals surface area contributed by atoms with E-state index < -0.39 is 0 Å². The summed E-state index contributed by atoms with van der Waals surface area (Å²) in [7, 11) is 0. The molecule has 130 valence electrons. The molecule has 0 bridgehead atoms. The summed E-state index contributed by atoms with van der Waals surface area (Å²) in [5.74, 6) is 1.53. The number of aromatic nitrogens is 2. The van der Waals surface area contributed by atoms with Gasteiger partial charge in [0.05, 0.1) is 6.21 Å². The number of aryl methyl sites for hydroxylation is 1. The highest BCUT2D eigenvalue weighted by Crippen LogP contribution is 2.23. The summed E-state index contributed by atoms with van der Waals surface area (Å²) in [5, 5.41) is 13.6. The van der Waals surface area contributed by atoms with Crippen molar-refractivity contribution in [3.63, 3.8) is 0 Å². The van der Waals surface area contributed by atoms with Gasteiger partial charge >= 0.3 is 0 Å². The number of hydrogen-bond acceptors (Lipinski definition) is 5. The highest BCUT2D eigenvalue weighted by molar-refractivity contribution is 5.80. The molecule has 26 heavy (non-hydrogen) atoms. The van der Waals surface area contributed by atoms with Crippen molar-refractivity contribution in [2.45, 2.75) is 13.3 Å². The fraction of sp³-hybridized carbons (Fsp3) is 0.0952. The third-order valence-corrected chi connectivity index (χ3v) is 3.87. The number of rotatable bonds is 6. The maximum absolute atomic E-state index is 9.34. The van der Waals surface area contributed by atoms with Gasteiger partial charge in [0.2, 0.25) is 0 Å². The van der Waals surface area contributed by atoms with Crippen LogP contribution < -0.4 is 5.43 Å². The van der Waals surface area contributed by atoms with Gasteiger partial charge in [0.25, 0.3) is 0 Å². The number of hydrazone groups is 1. The van der Waals surface area contributed by atoms with Crippen LogP contribution in [0.1, 0.15) is 16.8 Å². The van der Waals surface area contributed by atoms with Crippen LogP contribution >= 0.6 is 0 Å². The third kappa shape index (κ3) is 4.13. The molecule has 0 saturated heterocycles. The molecule has 3 rings (SSSR count). The Bertz CT molecular complexity index is 919. The molecule has 5 nitrogen and oxygen atoms in total. The predicted molar refractivity (Wildman–Crippen MR) is 105 cm³/mol. The molecule has 0 aliphatic rings. The van der Waals surface area contributed by atoms with Crippen LogP contribution in [0.15, 0.2) is 72.4 Å². The van der Waals surface area contributed by atoms with Crippen molar-refractivity contribution in [1.82, 2.24) is 9.97 Å². The Morgan fingerprint density at radius 1 is 1.08 bits per heavy atom. The first kappa shape index (κ1) is 17.4. The van der Waals surface area contributed by atoms with E-state index in [2.05, 4.69) is 27.1 Å². The lowest BCUT2D eigenvalue weighted by Crippen LogP contribution is -2.05. The van der Waals surface area contributed by atoms with Gasteiger partial charge in [-0.3, -0.25) is 5.43 Å². The van der Waals surface area contributed by atoms with E-state index in [1.807, 2.05) is 43.3 Å². The van der Waals surface area contributed by atoms with Crippen molar-refractivity contribution in [3.05, 3.63) is 84.1 Å². The van der Waals surface area contributed by atoms with Gasteiger partial charge in [-0.05, 0) is 43.2 Å². The summed E-state index contributed by atoms with van der Waals surface area (Å²) in [5.41, 5.74) is 6.69. The number of nitrogens with zero attached hydrogens (tertiary/aromatic N) is 3. The maximum atomic E-state index is 9.34. The van der Waals surface area contributed by atoms with Crippen LogP contribution in [0.3, 0.4) is 0 Å². The molecule has 1 aromatic heterocycles. The summed E-state index contributed by atoms with van der Waals surface area (Å²) < 4.78 is 0. The molecular formula is C21H20N4O. The average molecular weight is 344 g/mol. The van der Waals surface area contributed by atoms with E-state index in [0.717, 1.165) is 22.4 Å². The van der Waals surface area contributed by atoms with Crippen LogP contribution in [-0.4, -0.2) is 21.3 Å². The van der Waals surface area contributed by atoms with E-state index >= 15 is 0 Å². The number of anilines is 1. The van der Waals surface area contributed by atoms with Gasteiger partial charge in [0.15, 0.2) is 11.6 Å². The number of nitrogens with one attached hydrogen (secondary N) is 1. The van der Waals surface area contributed by atoms with Crippen LogP contribution in [0.2, 0.25) is 0 Å². The van der Waals surface area contributed by atoms with Crippen molar-refractivity contribution in [1.29, 1.82) is 0 Å². The molecule has 5 heteroatoms. The predicted octanol–water partition coefficient (Wildman–Crippen LogP) is 4.33. The first-order valence-electron chi connectivity index (χ1n) is 8.29. The van der Waals surface area contributed by atoms with Crippen LogP contribution in [0.4, 0.5) is 5.82 Å². The number of hydrogen-bond donors (Lipinski definition) is 2. The number of aromatic hydroxyl groups is 1. The van der Waals surface area contributed by atoms with Crippen LogP contribution in [0.5, 0.6) is 5.75 Å². The Morgan fingerprint density at radius 3 is 2.50 bits per heavy atom. The Balaban J connectivity index is 1.91. The molecule has 2 N–H and O–H groups in total. The molecule has 0 aliphatic heterocycles. The molecule has 0 atom stereocenters. The first-order chi connectivity index (χ1) is 12.7. The molecular weight excluding hydrogens is 324 g/mol. The summed E-state index contributed by atoms with van der Waals surface area (Å²) >= 11 is 0. The van der Waals surface area contributed by atoms with Gasteiger partial charge in [-0.25, -0.2) is 9.97 Å². The highest BCUT2D eigenvalue weighted by Gasteiger charge is 2.11. The van der Waals surface area contributed by atoms with E-state index in [1.54, 1.807) is 30.5 Å². The van der Waals surface area contributed by atoms with Gasteiger partial charge in [0, 0.05) is 16.8 Å². The third-order valence-electron chi connectivity index (χ3n) is 3.87. The molecule has 0 fully saturated rings. The van der Waals surface area contributed by atoms with E-state index in [9.17, 15) is 5.11 Å². The number of benzene rings is 2. The maximum Gasteiger partial charge on any atom is 0.161 e. The second-order valence-electron chi connectivity index (χ2n) is 5.78. The Labute approximate surface area is 152 Å². The monoisotopic (exact) mass is 344 g/mol. The van der Waals surface area contributed by atoms with Gasteiger partial charge in [-0.1, -0.05) is 36.4 Å². The van der Waals surface area contributed by atoms with E-state index in [0.29, 0.717) is 18.1 Å². The Morgan fingerprint density at radius 2 is 1.81 bits per heavy atom. The fourth-order valence-electron chi connectivity index (χ4n) is 2.52. The molecule has 0 aliphatic carbocycles. The van der Waals surface area contributed by atoms with Crippen molar-refractivity contribution in [2.24, 2.45) is 5.10 Å². The molecule has 2 aromatic carbocycles. The van der Waals surface area contributed by atoms with Crippen LogP contribution in [0, 0.1) is 6.92 Å².